The Morgan fingerprint density at radius 2 is 1.75 bits per heavy atom. The predicted octanol–water partition coefficient (Wildman–Crippen LogP) is 3.01. The Hall–Kier alpha value is -2.49. The average molecular weight is 269 g/mol. The fraction of sp³-hybridized carbons (Fsp3) is 0.188. The number of fused-ring (bicyclic) bond motifs is 3. The number of rotatable bonds is 2. The van der Waals surface area contributed by atoms with Gasteiger partial charge in [0, 0.05) is 11.5 Å². The number of hydrogen-bond acceptors (Lipinski definition) is 3. The average Bonchev–Trinajstić information content (AvgIpc) is 2.47. The van der Waals surface area contributed by atoms with E-state index in [1.165, 1.54) is 0 Å². The lowest BCUT2D eigenvalue weighted by molar-refractivity contribution is 0.412. The predicted molar refractivity (Wildman–Crippen MR) is 79.9 cm³/mol. The molecule has 0 aliphatic carbocycles. The monoisotopic (exact) mass is 269 g/mol. The summed E-state index contributed by atoms with van der Waals surface area (Å²) in [4.78, 5) is 15.1. The van der Waals surface area contributed by atoms with Crippen molar-refractivity contribution < 1.29 is 9.47 Å². The number of aromatic nitrogens is 1. The quantitative estimate of drug-likeness (QED) is 0.728. The van der Waals surface area contributed by atoms with E-state index >= 15 is 0 Å². The number of ether oxygens (including phenoxy) is 2. The van der Waals surface area contributed by atoms with Crippen LogP contribution in [-0.4, -0.2) is 19.2 Å². The van der Waals surface area contributed by atoms with Crippen LogP contribution in [0.1, 0.15) is 5.56 Å². The molecule has 0 spiro atoms. The molecule has 3 rings (SSSR count). The Kier molecular flexibility index (Phi) is 2.86. The zero-order chi connectivity index (χ0) is 14.3. The maximum Gasteiger partial charge on any atom is 0.256 e. The molecule has 0 aliphatic rings. The zero-order valence-corrected chi connectivity index (χ0v) is 11.6. The van der Waals surface area contributed by atoms with E-state index in [2.05, 4.69) is 4.98 Å². The van der Waals surface area contributed by atoms with Crippen LogP contribution in [0.5, 0.6) is 11.5 Å². The lowest BCUT2D eigenvalue weighted by Gasteiger charge is -2.09. The Morgan fingerprint density at radius 3 is 2.45 bits per heavy atom. The van der Waals surface area contributed by atoms with E-state index in [9.17, 15) is 4.79 Å². The minimum atomic E-state index is -0.127. The van der Waals surface area contributed by atoms with E-state index < -0.39 is 0 Å². The third-order valence-electron chi connectivity index (χ3n) is 3.54. The highest BCUT2D eigenvalue weighted by Crippen LogP contribution is 2.29. The van der Waals surface area contributed by atoms with Crippen LogP contribution in [0.4, 0.5) is 0 Å². The van der Waals surface area contributed by atoms with Gasteiger partial charge in [-0.1, -0.05) is 0 Å². The van der Waals surface area contributed by atoms with Crippen LogP contribution >= 0.6 is 0 Å². The summed E-state index contributed by atoms with van der Waals surface area (Å²) in [6, 6.07) is 9.42. The summed E-state index contributed by atoms with van der Waals surface area (Å²) in [6.07, 6.45) is 0. The zero-order valence-electron chi connectivity index (χ0n) is 11.6. The van der Waals surface area contributed by atoms with Gasteiger partial charge in [-0.3, -0.25) is 4.79 Å². The van der Waals surface area contributed by atoms with Crippen LogP contribution in [0, 0.1) is 6.92 Å². The molecule has 0 radical (unpaired) electrons. The van der Waals surface area contributed by atoms with Gasteiger partial charge in [0.25, 0.3) is 5.56 Å². The lowest BCUT2D eigenvalue weighted by atomic mass is 10.0. The topological polar surface area (TPSA) is 51.3 Å². The van der Waals surface area contributed by atoms with Gasteiger partial charge in [0.2, 0.25) is 0 Å². The van der Waals surface area contributed by atoms with Crippen molar-refractivity contribution in [1.29, 1.82) is 0 Å². The molecular formula is C16H15NO3. The van der Waals surface area contributed by atoms with Crippen LogP contribution in [0.15, 0.2) is 35.1 Å². The Bertz CT molecular complexity index is 865. The van der Waals surface area contributed by atoms with Gasteiger partial charge >= 0.3 is 0 Å². The van der Waals surface area contributed by atoms with Gasteiger partial charge in [-0.15, -0.1) is 0 Å². The molecule has 20 heavy (non-hydrogen) atoms. The normalized spacial score (nSPS) is 10.9. The van der Waals surface area contributed by atoms with Crippen LogP contribution in [0.2, 0.25) is 0 Å². The summed E-state index contributed by atoms with van der Waals surface area (Å²) in [6.45, 7) is 1.98. The van der Waals surface area contributed by atoms with Crippen molar-refractivity contribution in [3.05, 3.63) is 46.2 Å². The first-order chi connectivity index (χ1) is 9.63. The minimum Gasteiger partial charge on any atom is -0.497 e. The largest absolute Gasteiger partial charge is 0.497 e. The first-order valence-electron chi connectivity index (χ1n) is 6.32. The number of benzene rings is 2. The molecular weight excluding hydrogens is 254 g/mol. The molecule has 0 atom stereocenters. The molecule has 1 N–H and O–H groups in total. The number of hydrogen-bond donors (Lipinski definition) is 1. The van der Waals surface area contributed by atoms with E-state index in [1.807, 2.05) is 31.2 Å². The molecule has 0 unspecified atom stereocenters. The molecule has 1 heterocycles. The van der Waals surface area contributed by atoms with Crippen LogP contribution < -0.4 is 15.0 Å². The van der Waals surface area contributed by atoms with Crippen molar-refractivity contribution in [2.45, 2.75) is 6.92 Å². The third kappa shape index (κ3) is 1.81. The third-order valence-corrected chi connectivity index (χ3v) is 3.54. The van der Waals surface area contributed by atoms with E-state index in [0.29, 0.717) is 11.1 Å². The molecule has 0 bridgehead atoms. The van der Waals surface area contributed by atoms with Crippen molar-refractivity contribution in [3.63, 3.8) is 0 Å². The van der Waals surface area contributed by atoms with Gasteiger partial charge in [0.05, 0.1) is 25.1 Å². The van der Waals surface area contributed by atoms with Gasteiger partial charge in [0.15, 0.2) is 0 Å². The van der Waals surface area contributed by atoms with Gasteiger partial charge in [-0.2, -0.15) is 0 Å². The van der Waals surface area contributed by atoms with Crippen molar-refractivity contribution in [2.24, 2.45) is 0 Å². The van der Waals surface area contributed by atoms with E-state index in [-0.39, 0.29) is 5.56 Å². The summed E-state index contributed by atoms with van der Waals surface area (Å²) in [5.74, 6) is 1.44. The standard InChI is InChI=1S/C16H15NO3/c1-9-6-12-11-5-4-10(19-2)7-13(11)16(18)17-14(12)8-15(9)20-3/h4-8H,1-3H3,(H,17,18). The summed E-state index contributed by atoms with van der Waals surface area (Å²) in [5, 5.41) is 2.54. The Morgan fingerprint density at radius 1 is 0.950 bits per heavy atom. The second-order valence-corrected chi connectivity index (χ2v) is 4.73. The fourth-order valence-corrected chi connectivity index (χ4v) is 2.50. The molecule has 0 aliphatic heterocycles. The molecule has 0 fully saturated rings. The summed E-state index contributed by atoms with van der Waals surface area (Å²) >= 11 is 0. The molecule has 4 heteroatoms. The van der Waals surface area contributed by atoms with Gasteiger partial charge in [-0.25, -0.2) is 0 Å². The number of H-pyrrole nitrogens is 1. The van der Waals surface area contributed by atoms with E-state index in [4.69, 9.17) is 9.47 Å². The van der Waals surface area contributed by atoms with Crippen LogP contribution in [-0.2, 0) is 0 Å². The number of pyridine rings is 1. The highest BCUT2D eigenvalue weighted by atomic mass is 16.5. The van der Waals surface area contributed by atoms with Gasteiger partial charge < -0.3 is 14.5 Å². The molecule has 4 nitrogen and oxygen atoms in total. The van der Waals surface area contributed by atoms with Crippen molar-refractivity contribution in [2.75, 3.05) is 14.2 Å². The smallest absolute Gasteiger partial charge is 0.256 e. The van der Waals surface area contributed by atoms with Crippen molar-refractivity contribution >= 4 is 21.7 Å². The summed E-state index contributed by atoms with van der Waals surface area (Å²) in [5.41, 5.74) is 1.68. The number of aryl methyl sites for hydroxylation is 1. The molecule has 0 amide bonds. The summed E-state index contributed by atoms with van der Waals surface area (Å²) < 4.78 is 10.5. The maximum atomic E-state index is 12.2. The highest BCUT2D eigenvalue weighted by molar-refractivity contribution is 6.06. The first-order valence-corrected chi connectivity index (χ1v) is 6.32. The Labute approximate surface area is 115 Å². The number of nitrogens with one attached hydrogen (secondary N) is 1. The van der Waals surface area contributed by atoms with Crippen LogP contribution in [0.3, 0.4) is 0 Å². The molecule has 1 aromatic heterocycles. The summed E-state index contributed by atoms with van der Waals surface area (Å²) in [7, 11) is 3.21. The van der Waals surface area contributed by atoms with Crippen molar-refractivity contribution in [1.82, 2.24) is 4.98 Å². The number of methoxy groups -OCH3 is 2. The number of aromatic amines is 1. The Balaban J connectivity index is 2.46. The first kappa shape index (κ1) is 12.5. The molecule has 0 saturated heterocycles. The molecule has 3 aromatic rings. The van der Waals surface area contributed by atoms with Gasteiger partial charge in [-0.05, 0) is 42.1 Å². The minimum absolute atomic E-state index is 0.127. The van der Waals surface area contributed by atoms with Gasteiger partial charge in [0.1, 0.15) is 11.5 Å². The fourth-order valence-electron chi connectivity index (χ4n) is 2.50. The molecule has 0 saturated carbocycles. The second kappa shape index (κ2) is 4.56. The molecule has 102 valence electrons. The maximum absolute atomic E-state index is 12.2. The van der Waals surface area contributed by atoms with Crippen LogP contribution in [0.25, 0.3) is 21.7 Å². The van der Waals surface area contributed by atoms with Crippen molar-refractivity contribution in [3.8, 4) is 11.5 Å². The highest BCUT2D eigenvalue weighted by Gasteiger charge is 2.09. The second-order valence-electron chi connectivity index (χ2n) is 4.73. The van der Waals surface area contributed by atoms with E-state index in [0.717, 1.165) is 27.6 Å². The lowest BCUT2D eigenvalue weighted by Crippen LogP contribution is -2.07. The SMILES string of the molecule is COc1ccc2c(c1)c(=O)[nH]c1cc(OC)c(C)cc12. The molecule has 2 aromatic carbocycles. The van der Waals surface area contributed by atoms with E-state index in [1.54, 1.807) is 20.3 Å².